The van der Waals surface area contributed by atoms with Crippen LogP contribution in [0.1, 0.15) is 49.0 Å². The molecule has 0 N–H and O–H groups in total. The Hall–Kier alpha value is -2.38. The molecule has 0 aromatic heterocycles. The van der Waals surface area contributed by atoms with Crippen molar-refractivity contribution >= 4 is 11.7 Å². The number of piperidine rings is 1. The van der Waals surface area contributed by atoms with Gasteiger partial charge in [0.2, 0.25) is 5.91 Å². The van der Waals surface area contributed by atoms with Gasteiger partial charge in [-0.2, -0.15) is 0 Å². The highest BCUT2D eigenvalue weighted by molar-refractivity contribution is 6.09. The van der Waals surface area contributed by atoms with Crippen molar-refractivity contribution in [1.82, 2.24) is 14.7 Å². The van der Waals surface area contributed by atoms with E-state index in [4.69, 9.17) is 9.47 Å². The largest absolute Gasteiger partial charge is 0.496 e. The van der Waals surface area contributed by atoms with Gasteiger partial charge in [0, 0.05) is 43.9 Å². The molecule has 7 nitrogen and oxygen atoms in total. The van der Waals surface area contributed by atoms with Crippen LogP contribution in [0.5, 0.6) is 11.5 Å². The Bertz CT molecular complexity index is 846. The van der Waals surface area contributed by atoms with Crippen LogP contribution in [0.2, 0.25) is 0 Å². The van der Waals surface area contributed by atoms with Gasteiger partial charge < -0.3 is 19.3 Å². The Labute approximate surface area is 198 Å². The smallest absolute Gasteiger partial charge is 0.246 e. The van der Waals surface area contributed by atoms with E-state index in [1.165, 1.54) is 18.6 Å². The zero-order chi connectivity index (χ0) is 23.8. The lowest BCUT2D eigenvalue weighted by molar-refractivity contribution is -0.127. The van der Waals surface area contributed by atoms with Gasteiger partial charge in [0.1, 0.15) is 11.5 Å². The minimum atomic E-state index is -0.235. The van der Waals surface area contributed by atoms with Gasteiger partial charge in [-0.15, -0.1) is 0 Å². The average molecular weight is 458 g/mol. The summed E-state index contributed by atoms with van der Waals surface area (Å²) in [5, 5.41) is 0. The molecule has 2 fully saturated rings. The lowest BCUT2D eigenvalue weighted by atomic mass is 10.0. The van der Waals surface area contributed by atoms with Crippen molar-refractivity contribution in [3.05, 3.63) is 35.4 Å². The fourth-order valence-electron chi connectivity index (χ4n) is 4.89. The number of carbonyl (C=O) groups is 2. The second kappa shape index (κ2) is 12.2. The summed E-state index contributed by atoms with van der Waals surface area (Å²) in [5.74, 6) is 0.918. The first-order valence-corrected chi connectivity index (χ1v) is 12.2. The molecule has 1 amide bonds. The summed E-state index contributed by atoms with van der Waals surface area (Å²) in [6.45, 7) is 10.5. The maximum atomic E-state index is 12.9. The first-order valence-electron chi connectivity index (χ1n) is 12.2. The fraction of sp³-hybridized carbons (Fsp3) is 0.615. The topological polar surface area (TPSA) is 62.3 Å². The molecule has 2 heterocycles. The first kappa shape index (κ1) is 25.2. The molecule has 33 heavy (non-hydrogen) atoms. The number of likely N-dealkylation sites (tertiary alicyclic amines) is 1. The summed E-state index contributed by atoms with van der Waals surface area (Å²) in [7, 11) is 3.74. The van der Waals surface area contributed by atoms with E-state index < -0.39 is 0 Å². The third kappa shape index (κ3) is 6.36. The zero-order valence-electron chi connectivity index (χ0n) is 20.6. The number of benzene rings is 1. The van der Waals surface area contributed by atoms with Crippen LogP contribution in [-0.4, -0.2) is 92.5 Å². The minimum Gasteiger partial charge on any atom is -0.496 e. The molecule has 2 aliphatic heterocycles. The molecule has 1 aromatic rings. The molecule has 2 saturated heterocycles. The Morgan fingerprint density at radius 1 is 1.03 bits per heavy atom. The van der Waals surface area contributed by atoms with Gasteiger partial charge in [0.05, 0.1) is 19.3 Å². The summed E-state index contributed by atoms with van der Waals surface area (Å²) < 4.78 is 11.2. The summed E-state index contributed by atoms with van der Waals surface area (Å²) in [6.07, 6.45) is 6.65. The Morgan fingerprint density at radius 2 is 1.79 bits per heavy atom. The van der Waals surface area contributed by atoms with Crippen molar-refractivity contribution in [1.29, 1.82) is 0 Å². The van der Waals surface area contributed by atoms with Crippen LogP contribution in [-0.2, 0) is 11.2 Å². The molecule has 7 heteroatoms. The average Bonchev–Trinajstić information content (AvgIpc) is 3.06. The fourth-order valence-corrected chi connectivity index (χ4v) is 4.89. The van der Waals surface area contributed by atoms with E-state index in [0.29, 0.717) is 30.4 Å². The van der Waals surface area contributed by atoms with E-state index in [1.54, 1.807) is 19.2 Å². The molecule has 0 saturated carbocycles. The van der Waals surface area contributed by atoms with E-state index >= 15 is 0 Å². The molecule has 1 aromatic carbocycles. The molecular formula is C26H39N3O4. The van der Waals surface area contributed by atoms with Gasteiger partial charge in [-0.05, 0) is 71.0 Å². The van der Waals surface area contributed by atoms with Crippen LogP contribution < -0.4 is 9.47 Å². The Kier molecular flexibility index (Phi) is 9.32. The summed E-state index contributed by atoms with van der Waals surface area (Å²) in [6, 6.07) is 4.07. The van der Waals surface area contributed by atoms with Crippen LogP contribution in [0, 0.1) is 0 Å². The van der Waals surface area contributed by atoms with Crippen molar-refractivity contribution in [2.24, 2.45) is 0 Å². The van der Waals surface area contributed by atoms with Gasteiger partial charge in [0.15, 0.2) is 5.78 Å². The number of allylic oxidation sites excluding steroid dienone is 1. The van der Waals surface area contributed by atoms with Gasteiger partial charge in [-0.3, -0.25) is 14.5 Å². The summed E-state index contributed by atoms with van der Waals surface area (Å²) in [4.78, 5) is 32.5. The quantitative estimate of drug-likeness (QED) is 0.442. The minimum absolute atomic E-state index is 0.0991. The molecule has 3 rings (SSSR count). The maximum Gasteiger partial charge on any atom is 0.246 e. The number of hydrogen-bond donors (Lipinski definition) is 0. The van der Waals surface area contributed by atoms with Crippen molar-refractivity contribution < 1.29 is 19.1 Å². The lowest BCUT2D eigenvalue weighted by Crippen LogP contribution is -2.47. The Morgan fingerprint density at radius 3 is 2.45 bits per heavy atom. The molecule has 0 spiro atoms. The zero-order valence-corrected chi connectivity index (χ0v) is 20.6. The SMILES string of the molecule is CCOc1ccc(C(=O)C=CC(=O)N2CCC(N3CCCN(C)CC3)CC2)c(OC)c1CC. The van der Waals surface area contributed by atoms with Crippen molar-refractivity contribution in [3.8, 4) is 11.5 Å². The predicted octanol–water partition coefficient (Wildman–Crippen LogP) is 3.02. The number of likely N-dealkylation sites (N-methyl/N-ethyl adjacent to an activating group) is 1. The van der Waals surface area contributed by atoms with E-state index in [2.05, 4.69) is 16.8 Å². The summed E-state index contributed by atoms with van der Waals surface area (Å²) in [5.41, 5.74) is 1.32. The standard InChI is InChI=1S/C26H39N3O4/c1-5-21-24(33-6-2)10-8-22(26(21)32-4)23(30)9-11-25(31)29-16-12-20(13-17-29)28-15-7-14-27(3)18-19-28/h8-11,20H,5-7,12-19H2,1-4H3. The summed E-state index contributed by atoms with van der Waals surface area (Å²) >= 11 is 0. The van der Waals surface area contributed by atoms with Crippen LogP contribution in [0.3, 0.4) is 0 Å². The molecule has 0 atom stereocenters. The normalized spacial score (nSPS) is 19.0. The van der Waals surface area contributed by atoms with Crippen LogP contribution >= 0.6 is 0 Å². The van der Waals surface area contributed by atoms with Gasteiger partial charge in [-0.1, -0.05) is 6.92 Å². The predicted molar refractivity (Wildman–Crippen MR) is 130 cm³/mol. The second-order valence-corrected chi connectivity index (χ2v) is 8.86. The van der Waals surface area contributed by atoms with Crippen LogP contribution in [0.4, 0.5) is 0 Å². The first-order chi connectivity index (χ1) is 16.0. The van der Waals surface area contributed by atoms with Crippen LogP contribution in [0.25, 0.3) is 0 Å². The highest BCUT2D eigenvalue weighted by atomic mass is 16.5. The molecule has 2 aliphatic rings. The van der Waals surface area contributed by atoms with Crippen molar-refractivity contribution in [3.63, 3.8) is 0 Å². The third-order valence-electron chi connectivity index (χ3n) is 6.76. The highest BCUT2D eigenvalue weighted by Crippen LogP contribution is 2.33. The number of hydrogen-bond acceptors (Lipinski definition) is 6. The number of ketones is 1. The molecular weight excluding hydrogens is 418 g/mol. The molecule has 0 unspecified atom stereocenters. The maximum absolute atomic E-state index is 12.9. The Balaban J connectivity index is 1.59. The monoisotopic (exact) mass is 457 g/mol. The second-order valence-electron chi connectivity index (χ2n) is 8.86. The lowest BCUT2D eigenvalue weighted by Gasteiger charge is -2.37. The number of methoxy groups -OCH3 is 1. The van der Waals surface area contributed by atoms with E-state index in [-0.39, 0.29) is 11.7 Å². The van der Waals surface area contributed by atoms with E-state index in [1.807, 2.05) is 18.7 Å². The molecule has 182 valence electrons. The van der Waals surface area contributed by atoms with Crippen molar-refractivity contribution in [2.45, 2.75) is 45.6 Å². The van der Waals surface area contributed by atoms with Gasteiger partial charge in [-0.25, -0.2) is 0 Å². The van der Waals surface area contributed by atoms with E-state index in [0.717, 1.165) is 63.4 Å². The molecule has 0 aliphatic carbocycles. The number of rotatable bonds is 8. The van der Waals surface area contributed by atoms with Gasteiger partial charge >= 0.3 is 0 Å². The van der Waals surface area contributed by atoms with Gasteiger partial charge in [0.25, 0.3) is 0 Å². The number of amides is 1. The number of carbonyl (C=O) groups excluding carboxylic acids is 2. The number of nitrogens with zero attached hydrogens (tertiary/aromatic N) is 3. The molecule has 0 bridgehead atoms. The number of ether oxygens (including phenoxy) is 2. The molecule has 0 radical (unpaired) electrons. The van der Waals surface area contributed by atoms with Crippen molar-refractivity contribution in [2.75, 3.05) is 60.0 Å². The highest BCUT2D eigenvalue weighted by Gasteiger charge is 2.27. The van der Waals surface area contributed by atoms with E-state index in [9.17, 15) is 9.59 Å². The third-order valence-corrected chi connectivity index (χ3v) is 6.76. The van der Waals surface area contributed by atoms with Crippen LogP contribution in [0.15, 0.2) is 24.3 Å².